The minimum Gasteiger partial charge on any atom is -0.339 e. The van der Waals surface area contributed by atoms with E-state index in [-0.39, 0.29) is 11.5 Å². The van der Waals surface area contributed by atoms with Crippen LogP contribution in [0.15, 0.2) is 16.8 Å². The van der Waals surface area contributed by atoms with Crippen LogP contribution in [0.4, 0.5) is 0 Å². The first kappa shape index (κ1) is 15.3. The van der Waals surface area contributed by atoms with E-state index in [4.69, 9.17) is 10.3 Å². The smallest absolute Gasteiger partial charge is 0.231 e. The third-order valence-electron chi connectivity index (χ3n) is 5.01. The average molecular weight is 326 g/mol. The van der Waals surface area contributed by atoms with Crippen molar-refractivity contribution < 1.29 is 4.52 Å². The Labute approximate surface area is 140 Å². The van der Waals surface area contributed by atoms with Gasteiger partial charge in [-0.05, 0) is 39.7 Å². The largest absolute Gasteiger partial charge is 0.339 e. The van der Waals surface area contributed by atoms with Gasteiger partial charge in [0, 0.05) is 16.9 Å². The molecule has 3 aromatic heterocycles. The summed E-state index contributed by atoms with van der Waals surface area (Å²) in [5, 5.41) is 8.57. The molecule has 1 aliphatic rings. The first-order valence-electron chi connectivity index (χ1n) is 8.40. The Hall–Kier alpha value is -2.28. The summed E-state index contributed by atoms with van der Waals surface area (Å²) in [4.78, 5) is 9.21. The monoisotopic (exact) mass is 326 g/mol. The van der Waals surface area contributed by atoms with E-state index in [2.05, 4.69) is 27.1 Å². The van der Waals surface area contributed by atoms with Crippen LogP contribution >= 0.6 is 0 Å². The summed E-state index contributed by atoms with van der Waals surface area (Å²) in [5.41, 5.74) is 9.65. The molecule has 126 valence electrons. The van der Waals surface area contributed by atoms with E-state index < -0.39 is 0 Å². The van der Waals surface area contributed by atoms with Crippen LogP contribution in [0.5, 0.6) is 0 Å². The molecular weight excluding hydrogens is 304 g/mol. The first-order valence-corrected chi connectivity index (χ1v) is 8.40. The maximum absolute atomic E-state index is 6.46. The molecule has 2 unspecified atom stereocenters. The van der Waals surface area contributed by atoms with Gasteiger partial charge in [-0.3, -0.25) is 0 Å². The number of hydrogen-bond donors (Lipinski definition) is 1. The molecule has 0 radical (unpaired) electrons. The summed E-state index contributed by atoms with van der Waals surface area (Å²) in [6, 6.07) is 1.99. The molecule has 0 aliphatic heterocycles. The molecule has 1 saturated carbocycles. The number of fused-ring (bicyclic) bond motifs is 1. The molecule has 4 rings (SSSR count). The van der Waals surface area contributed by atoms with Crippen LogP contribution in [0.2, 0.25) is 0 Å². The van der Waals surface area contributed by atoms with Crippen molar-refractivity contribution in [3.05, 3.63) is 29.5 Å². The van der Waals surface area contributed by atoms with Crippen LogP contribution in [0.3, 0.4) is 0 Å². The fraction of sp³-hybridized carbons (Fsp3) is 0.529. The van der Waals surface area contributed by atoms with Crippen molar-refractivity contribution in [2.45, 2.75) is 57.9 Å². The molecule has 1 aliphatic carbocycles. The van der Waals surface area contributed by atoms with Crippen LogP contribution in [-0.4, -0.2) is 30.3 Å². The van der Waals surface area contributed by atoms with Crippen LogP contribution in [-0.2, 0) is 0 Å². The van der Waals surface area contributed by atoms with Crippen molar-refractivity contribution in [1.82, 2.24) is 24.7 Å². The zero-order valence-corrected chi connectivity index (χ0v) is 14.3. The molecule has 2 N–H and O–H groups in total. The number of hydrogen-bond acceptors (Lipinski definition) is 6. The summed E-state index contributed by atoms with van der Waals surface area (Å²) in [6.45, 7) is 6.04. The molecule has 0 saturated heterocycles. The van der Waals surface area contributed by atoms with E-state index >= 15 is 0 Å². The lowest BCUT2D eigenvalue weighted by atomic mass is 9.74. The maximum Gasteiger partial charge on any atom is 0.231 e. The molecule has 3 aromatic rings. The van der Waals surface area contributed by atoms with Gasteiger partial charge in [0.25, 0.3) is 0 Å². The number of rotatable bonds is 2. The van der Waals surface area contributed by atoms with Gasteiger partial charge in [0.2, 0.25) is 11.7 Å². The minimum absolute atomic E-state index is 0.103. The molecule has 7 nitrogen and oxygen atoms in total. The van der Waals surface area contributed by atoms with E-state index in [9.17, 15) is 0 Å². The molecular formula is C17H22N6O. The highest BCUT2D eigenvalue weighted by Gasteiger charge is 2.37. The highest BCUT2D eigenvalue weighted by molar-refractivity contribution is 5.72. The summed E-state index contributed by atoms with van der Waals surface area (Å²) >= 11 is 0. The van der Waals surface area contributed by atoms with Gasteiger partial charge in [-0.25, -0.2) is 9.50 Å². The third-order valence-corrected chi connectivity index (χ3v) is 5.01. The van der Waals surface area contributed by atoms with Gasteiger partial charge in [0.1, 0.15) is 0 Å². The van der Waals surface area contributed by atoms with E-state index in [0.717, 1.165) is 48.3 Å². The number of nitrogens with two attached hydrogens (primary N) is 1. The van der Waals surface area contributed by atoms with Gasteiger partial charge in [-0.2, -0.15) is 10.1 Å². The zero-order chi connectivity index (χ0) is 16.9. The second-order valence-corrected chi connectivity index (χ2v) is 7.09. The van der Waals surface area contributed by atoms with Gasteiger partial charge in [0.05, 0.1) is 17.7 Å². The van der Waals surface area contributed by atoms with Crippen molar-refractivity contribution in [1.29, 1.82) is 0 Å². The quantitative estimate of drug-likeness (QED) is 0.778. The van der Waals surface area contributed by atoms with Crippen molar-refractivity contribution in [3.8, 4) is 11.4 Å². The van der Waals surface area contributed by atoms with Crippen molar-refractivity contribution in [2.24, 2.45) is 5.73 Å². The average Bonchev–Trinajstić information content (AvgIpc) is 3.13. The van der Waals surface area contributed by atoms with E-state index in [1.54, 1.807) is 10.7 Å². The van der Waals surface area contributed by atoms with Crippen LogP contribution < -0.4 is 5.73 Å². The van der Waals surface area contributed by atoms with Crippen molar-refractivity contribution in [3.63, 3.8) is 0 Å². The Morgan fingerprint density at radius 2 is 2.12 bits per heavy atom. The molecule has 3 heterocycles. The standard InChI is InChI=1S/C17H22N6O/c1-10-8-11(2)23-15(20-10)12(9-19-23)14-21-16(24-22-14)13-6-4-5-7-17(13,3)18/h8-9,13H,4-7,18H2,1-3H3. The summed E-state index contributed by atoms with van der Waals surface area (Å²) in [5.74, 6) is 1.25. The summed E-state index contributed by atoms with van der Waals surface area (Å²) < 4.78 is 7.36. The lowest BCUT2D eigenvalue weighted by molar-refractivity contribution is 0.223. The van der Waals surface area contributed by atoms with E-state index in [1.807, 2.05) is 19.9 Å². The van der Waals surface area contributed by atoms with E-state index in [1.165, 1.54) is 0 Å². The second kappa shape index (κ2) is 5.37. The van der Waals surface area contributed by atoms with Crippen LogP contribution in [0, 0.1) is 13.8 Å². The topological polar surface area (TPSA) is 95.1 Å². The van der Waals surface area contributed by atoms with E-state index in [0.29, 0.717) is 11.7 Å². The Morgan fingerprint density at radius 1 is 1.29 bits per heavy atom. The first-order chi connectivity index (χ1) is 11.5. The van der Waals surface area contributed by atoms with Gasteiger partial charge in [0.15, 0.2) is 5.65 Å². The minimum atomic E-state index is -0.297. The highest BCUT2D eigenvalue weighted by atomic mass is 16.5. The van der Waals surface area contributed by atoms with Gasteiger partial charge >= 0.3 is 0 Å². The lowest BCUT2D eigenvalue weighted by Gasteiger charge is -2.35. The van der Waals surface area contributed by atoms with Crippen LogP contribution in [0.1, 0.15) is 55.8 Å². The van der Waals surface area contributed by atoms with Gasteiger partial charge in [-0.1, -0.05) is 18.0 Å². The third kappa shape index (κ3) is 2.39. The Morgan fingerprint density at radius 3 is 2.92 bits per heavy atom. The number of nitrogens with zero attached hydrogens (tertiary/aromatic N) is 5. The SMILES string of the molecule is Cc1cc(C)n2ncc(-c3noc(C4CCCCC4(C)N)n3)c2n1. The lowest BCUT2D eigenvalue weighted by Crippen LogP contribution is -2.44. The molecule has 0 amide bonds. The predicted octanol–water partition coefficient (Wildman–Crippen LogP) is 2.77. The Bertz CT molecular complexity index is 894. The molecule has 24 heavy (non-hydrogen) atoms. The maximum atomic E-state index is 6.46. The normalized spacial score (nSPS) is 24.6. The van der Waals surface area contributed by atoms with Crippen molar-refractivity contribution in [2.75, 3.05) is 0 Å². The molecule has 0 bridgehead atoms. The fourth-order valence-electron chi connectivity index (χ4n) is 3.68. The highest BCUT2D eigenvalue weighted by Crippen LogP contribution is 2.39. The van der Waals surface area contributed by atoms with Crippen LogP contribution in [0.25, 0.3) is 17.0 Å². The number of aromatic nitrogens is 5. The molecule has 0 aromatic carbocycles. The van der Waals surface area contributed by atoms with Gasteiger partial charge < -0.3 is 10.3 Å². The van der Waals surface area contributed by atoms with Gasteiger partial charge in [-0.15, -0.1) is 0 Å². The summed E-state index contributed by atoms with van der Waals surface area (Å²) in [7, 11) is 0. The van der Waals surface area contributed by atoms with Crippen molar-refractivity contribution >= 4 is 5.65 Å². The summed E-state index contributed by atoms with van der Waals surface area (Å²) in [6.07, 6.45) is 6.00. The molecule has 1 fully saturated rings. The predicted molar refractivity (Wildman–Crippen MR) is 89.6 cm³/mol. The fourth-order valence-corrected chi connectivity index (χ4v) is 3.68. The molecule has 0 spiro atoms. The molecule has 7 heteroatoms. The number of aryl methyl sites for hydroxylation is 2. The second-order valence-electron chi connectivity index (χ2n) is 7.09. The molecule has 2 atom stereocenters. The Balaban J connectivity index is 1.76. The Kier molecular flexibility index (Phi) is 3.42. The zero-order valence-electron chi connectivity index (χ0n) is 14.3.